The van der Waals surface area contributed by atoms with Crippen molar-refractivity contribution >= 4 is 32.8 Å². The van der Waals surface area contributed by atoms with Crippen molar-refractivity contribution in [1.29, 1.82) is 0 Å². The molecule has 0 atom stereocenters. The third-order valence-electron chi connectivity index (χ3n) is 2.19. The van der Waals surface area contributed by atoms with Crippen molar-refractivity contribution in [1.82, 2.24) is 0 Å². The van der Waals surface area contributed by atoms with Gasteiger partial charge in [-0.15, -0.1) is 0 Å². The van der Waals surface area contributed by atoms with Crippen molar-refractivity contribution in [3.63, 3.8) is 0 Å². The molecule has 0 heterocycles. The Morgan fingerprint density at radius 1 is 1.05 bits per heavy atom. The van der Waals surface area contributed by atoms with Gasteiger partial charge in [-0.2, -0.15) is 0 Å². The summed E-state index contributed by atoms with van der Waals surface area (Å²) >= 11 is 0. The molecule has 0 saturated carbocycles. The quantitative estimate of drug-likeness (QED) is 0.324. The molecule has 4 nitrogen and oxygen atoms in total. The van der Waals surface area contributed by atoms with Gasteiger partial charge < -0.3 is 13.6 Å². The van der Waals surface area contributed by atoms with E-state index in [1.54, 1.807) is 6.08 Å². The third kappa shape index (κ3) is 6.66. The highest BCUT2D eigenvalue weighted by Crippen LogP contribution is 2.29. The van der Waals surface area contributed by atoms with Gasteiger partial charge in [-0.1, -0.05) is 6.08 Å². The van der Waals surface area contributed by atoms with Gasteiger partial charge in [-0.05, 0) is 46.2 Å². The summed E-state index contributed by atoms with van der Waals surface area (Å²) in [7, 11) is -1.73. The van der Waals surface area contributed by atoms with Crippen LogP contribution in [0, 0.1) is 0 Å². The number of rotatable bonds is 6. The van der Waals surface area contributed by atoms with Crippen molar-refractivity contribution in [3.8, 4) is 0 Å². The van der Waals surface area contributed by atoms with Gasteiger partial charge in [0.25, 0.3) is 0 Å². The molecule has 0 rings (SSSR count). The molecule has 0 aromatic rings. The summed E-state index contributed by atoms with van der Waals surface area (Å²) in [6.45, 7) is 14.4. The molecule has 0 fully saturated rings. The smallest absolute Gasteiger partial charge is 0.338 e. The first-order valence-corrected chi connectivity index (χ1v) is 14.3. The maximum atomic E-state index is 12.0. The molecule has 0 radical (unpaired) electrons. The van der Waals surface area contributed by atoms with Crippen LogP contribution in [0.3, 0.4) is 0 Å². The fraction of sp³-hybridized carbons (Fsp3) is 0.750. The van der Waals surface area contributed by atoms with Gasteiger partial charge in [0, 0.05) is 0 Å². The van der Waals surface area contributed by atoms with Crippen LogP contribution < -0.4 is 0 Å². The van der Waals surface area contributed by atoms with E-state index in [4.69, 9.17) is 13.6 Å². The number of hydrogen-bond acceptors (Lipinski definition) is 4. The Labute approximate surface area is 122 Å². The number of allylic oxidation sites excluding steroid dienone is 1. The zero-order valence-electron chi connectivity index (χ0n) is 13.7. The minimum absolute atomic E-state index is 0.367. The molecule has 0 amide bonds. The molecule has 7 heteroatoms. The van der Waals surface area contributed by atoms with Crippen LogP contribution in [-0.4, -0.2) is 45.4 Å². The van der Waals surface area contributed by atoms with E-state index >= 15 is 0 Å². The zero-order chi connectivity index (χ0) is 15.5. The van der Waals surface area contributed by atoms with E-state index in [9.17, 15) is 4.79 Å². The Hall–Kier alpha value is -0.219. The molecule has 19 heavy (non-hydrogen) atoms. The van der Waals surface area contributed by atoms with E-state index in [0.29, 0.717) is 15.8 Å². The summed E-state index contributed by atoms with van der Waals surface area (Å²) in [5, 5.41) is 0. The largest absolute Gasteiger partial charge is 0.466 e. The number of esters is 1. The van der Waals surface area contributed by atoms with Crippen molar-refractivity contribution in [2.24, 2.45) is 0 Å². The molecule has 0 unspecified atom stereocenters. The molecule has 0 aliphatic carbocycles. The maximum Gasteiger partial charge on any atom is 0.338 e. The zero-order valence-corrected chi connectivity index (χ0v) is 17.7. The first-order valence-electron chi connectivity index (χ1n) is 6.50. The average molecular weight is 321 g/mol. The fourth-order valence-electron chi connectivity index (χ4n) is 1.97. The van der Waals surface area contributed by atoms with E-state index in [1.807, 2.05) is 6.92 Å². The summed E-state index contributed by atoms with van der Waals surface area (Å²) in [6, 6.07) is 0. The van der Waals surface area contributed by atoms with Crippen LogP contribution in [-0.2, 0) is 18.4 Å². The summed E-state index contributed by atoms with van der Waals surface area (Å²) in [5.41, 5.74) is -0.400. The fourth-order valence-corrected chi connectivity index (χ4v) is 8.87. The van der Waals surface area contributed by atoms with Gasteiger partial charge >= 0.3 is 5.97 Å². The van der Waals surface area contributed by atoms with Gasteiger partial charge in [0.15, 0.2) is 22.0 Å². The first kappa shape index (κ1) is 18.8. The molecule has 0 bridgehead atoms. The number of carbonyl (C=O) groups is 1. The second-order valence-electron chi connectivity index (χ2n) is 6.57. The van der Waals surface area contributed by atoms with Crippen molar-refractivity contribution < 1.29 is 18.4 Å². The lowest BCUT2D eigenvalue weighted by atomic mass is 10.2. The molecular formula is C12H28O4Si3. The van der Waals surface area contributed by atoms with E-state index < -0.39 is 22.0 Å². The molecule has 112 valence electrons. The van der Waals surface area contributed by atoms with E-state index in [2.05, 4.69) is 39.3 Å². The number of ether oxygens (including phenoxy) is 1. The molecular weight excluding hydrogens is 292 g/mol. The van der Waals surface area contributed by atoms with Crippen LogP contribution in [0.2, 0.25) is 39.3 Å². The van der Waals surface area contributed by atoms with Crippen molar-refractivity contribution in [3.05, 3.63) is 11.6 Å². The third-order valence-corrected chi connectivity index (χ3v) is 5.95. The predicted octanol–water partition coefficient (Wildman–Crippen LogP) is 1.83. The molecule has 0 N–H and O–H groups in total. The van der Waals surface area contributed by atoms with Crippen LogP contribution in [0.15, 0.2) is 11.6 Å². The monoisotopic (exact) mass is 320 g/mol. The van der Waals surface area contributed by atoms with Crippen LogP contribution in [0.1, 0.15) is 6.92 Å². The van der Waals surface area contributed by atoms with Gasteiger partial charge in [-0.25, -0.2) is 4.79 Å². The summed E-state index contributed by atoms with van der Waals surface area (Å²) in [6.07, 6.45) is 1.75. The van der Waals surface area contributed by atoms with Crippen LogP contribution in [0.5, 0.6) is 0 Å². The molecule has 0 aliphatic rings. The summed E-state index contributed by atoms with van der Waals surface area (Å²) in [4.78, 5) is 12.0. The van der Waals surface area contributed by atoms with Gasteiger partial charge in [0.05, 0.1) is 22.9 Å². The number of methoxy groups -OCH3 is 1. The number of carbonyl (C=O) groups excluding carboxylic acids is 1. The van der Waals surface area contributed by atoms with E-state index in [1.165, 1.54) is 7.11 Å². The SMILES string of the molecule is CC=C(C(=O)OC)C([SiH3])(O[Si](C)(C)C)O[Si](C)(C)C. The number of hydrogen-bond donors (Lipinski definition) is 0. The lowest BCUT2D eigenvalue weighted by molar-refractivity contribution is -0.140. The molecule has 0 aromatic carbocycles. The highest BCUT2D eigenvalue weighted by Gasteiger charge is 2.42. The highest BCUT2D eigenvalue weighted by atomic mass is 28.4. The van der Waals surface area contributed by atoms with Crippen LogP contribution in [0.4, 0.5) is 0 Å². The van der Waals surface area contributed by atoms with Crippen LogP contribution in [0.25, 0.3) is 0 Å². The van der Waals surface area contributed by atoms with Crippen LogP contribution >= 0.6 is 0 Å². The molecule has 0 aromatic heterocycles. The summed E-state index contributed by atoms with van der Waals surface area (Å²) in [5.74, 6) is -0.367. The first-order chi connectivity index (χ1) is 8.34. The van der Waals surface area contributed by atoms with Gasteiger partial charge in [-0.3, -0.25) is 0 Å². The second kappa shape index (κ2) is 6.49. The highest BCUT2D eigenvalue weighted by molar-refractivity contribution is 6.71. The van der Waals surface area contributed by atoms with Crippen molar-refractivity contribution in [2.45, 2.75) is 51.6 Å². The Morgan fingerprint density at radius 3 is 1.63 bits per heavy atom. The molecule has 0 aliphatic heterocycles. The Kier molecular flexibility index (Phi) is 6.41. The normalized spacial score (nSPS) is 14.6. The minimum Gasteiger partial charge on any atom is -0.466 e. The lowest BCUT2D eigenvalue weighted by Crippen LogP contribution is -2.53. The van der Waals surface area contributed by atoms with E-state index in [0.717, 1.165) is 0 Å². The topological polar surface area (TPSA) is 44.8 Å². The molecule has 0 saturated heterocycles. The van der Waals surface area contributed by atoms with Gasteiger partial charge in [0.1, 0.15) is 0 Å². The minimum atomic E-state index is -1.85. The summed E-state index contributed by atoms with van der Waals surface area (Å²) < 4.78 is 17.3. The lowest BCUT2D eigenvalue weighted by Gasteiger charge is -2.41. The van der Waals surface area contributed by atoms with Gasteiger partial charge in [0.2, 0.25) is 0 Å². The second-order valence-corrected chi connectivity index (χ2v) is 16.7. The Morgan fingerprint density at radius 2 is 1.42 bits per heavy atom. The Balaban J connectivity index is 5.55. The maximum absolute atomic E-state index is 12.0. The van der Waals surface area contributed by atoms with Crippen molar-refractivity contribution in [2.75, 3.05) is 7.11 Å². The molecule has 0 spiro atoms. The standard InChI is InChI=1S/C12H28O4Si3/c1-9-10(11(13)14-2)12(17,15-18(3,4)5)16-19(6,7)8/h9H,1-8,17H3. The average Bonchev–Trinajstić information content (AvgIpc) is 2.11. The Bertz CT molecular complexity index is 337. The van der Waals surface area contributed by atoms with E-state index in [-0.39, 0.29) is 5.97 Å². The predicted molar refractivity (Wildman–Crippen MR) is 87.3 cm³/mol.